The van der Waals surface area contributed by atoms with Crippen LogP contribution in [-0.4, -0.2) is 52.1 Å². The number of pyridine rings is 1. The van der Waals surface area contributed by atoms with Crippen molar-refractivity contribution >= 4 is 22.5 Å². The molecule has 0 aliphatic rings. The second-order valence-corrected chi connectivity index (χ2v) is 9.51. The number of benzene rings is 2. The number of anilines is 2. The number of rotatable bonds is 12. The lowest BCUT2D eigenvalue weighted by Gasteiger charge is -2.13. The summed E-state index contributed by atoms with van der Waals surface area (Å²) < 4.78 is 13.2. The fraction of sp³-hybridized carbons (Fsp3) is 0.310. The molecule has 2 aromatic carbocycles. The molecule has 3 heterocycles. The Bertz CT molecular complexity index is 1510. The van der Waals surface area contributed by atoms with Gasteiger partial charge in [-0.25, -0.2) is 14.6 Å². The topological polar surface area (TPSA) is 120 Å². The molecule has 0 saturated carbocycles. The fourth-order valence-electron chi connectivity index (χ4n) is 4.54. The first kappa shape index (κ1) is 26.2. The van der Waals surface area contributed by atoms with Crippen molar-refractivity contribution in [1.82, 2.24) is 30.2 Å². The van der Waals surface area contributed by atoms with Crippen LogP contribution in [0.4, 0.5) is 11.5 Å². The van der Waals surface area contributed by atoms with E-state index in [9.17, 15) is 0 Å². The largest absolute Gasteiger partial charge is 0.490 e. The molecule has 3 aromatic heterocycles. The van der Waals surface area contributed by atoms with E-state index in [4.69, 9.17) is 25.1 Å². The van der Waals surface area contributed by atoms with Gasteiger partial charge in [-0.2, -0.15) is 0 Å². The average molecular weight is 527 g/mol. The van der Waals surface area contributed by atoms with Crippen LogP contribution in [0, 0.1) is 0 Å². The Balaban J connectivity index is 1.28. The molecule has 10 heteroatoms. The van der Waals surface area contributed by atoms with Crippen LogP contribution in [0.15, 0.2) is 65.4 Å². The van der Waals surface area contributed by atoms with Crippen molar-refractivity contribution in [2.75, 3.05) is 37.9 Å². The van der Waals surface area contributed by atoms with E-state index in [0.717, 1.165) is 48.2 Å². The summed E-state index contributed by atoms with van der Waals surface area (Å²) in [6.45, 7) is 5.00. The normalized spacial score (nSPS) is 11.3. The lowest BCUT2D eigenvalue weighted by Crippen LogP contribution is -2.16. The van der Waals surface area contributed by atoms with Crippen molar-refractivity contribution in [3.63, 3.8) is 0 Å². The molecule has 202 valence electrons. The zero-order valence-corrected chi connectivity index (χ0v) is 22.6. The maximum Gasteiger partial charge on any atom is 0.199 e. The summed E-state index contributed by atoms with van der Waals surface area (Å²) >= 11 is 0. The number of nitrogens with two attached hydrogens (primary N) is 1. The first-order valence-electron chi connectivity index (χ1n) is 13.2. The first-order chi connectivity index (χ1) is 19.1. The van der Waals surface area contributed by atoms with Crippen LogP contribution >= 0.6 is 0 Å². The smallest absolute Gasteiger partial charge is 0.199 e. The third-order valence-electron chi connectivity index (χ3n) is 6.61. The van der Waals surface area contributed by atoms with Crippen LogP contribution in [0.1, 0.15) is 25.3 Å². The fourth-order valence-corrected chi connectivity index (χ4v) is 4.54. The average Bonchev–Trinajstić information content (AvgIpc) is 3.56. The predicted molar refractivity (Wildman–Crippen MR) is 154 cm³/mol. The van der Waals surface area contributed by atoms with Crippen LogP contribution in [-0.2, 0) is 13.1 Å². The van der Waals surface area contributed by atoms with Crippen molar-refractivity contribution in [3.8, 4) is 28.5 Å². The number of hydrogen-bond donors (Lipinski definition) is 2. The van der Waals surface area contributed by atoms with Crippen molar-refractivity contribution in [3.05, 3.63) is 66.4 Å². The van der Waals surface area contributed by atoms with Gasteiger partial charge in [0.2, 0.25) is 0 Å². The van der Waals surface area contributed by atoms with Gasteiger partial charge in [0, 0.05) is 38.4 Å². The quantitative estimate of drug-likeness (QED) is 0.222. The highest BCUT2D eigenvalue weighted by Crippen LogP contribution is 2.36. The maximum atomic E-state index is 6.27. The van der Waals surface area contributed by atoms with Crippen molar-refractivity contribution in [2.24, 2.45) is 0 Å². The van der Waals surface area contributed by atoms with E-state index in [1.807, 2.05) is 55.9 Å². The number of aromatic nitrogens is 5. The molecule has 0 unspecified atom stereocenters. The van der Waals surface area contributed by atoms with Crippen molar-refractivity contribution < 1.29 is 9.37 Å². The molecule has 0 fully saturated rings. The van der Waals surface area contributed by atoms with Crippen LogP contribution < -0.4 is 20.7 Å². The van der Waals surface area contributed by atoms with E-state index in [1.165, 1.54) is 11.3 Å². The molecule has 5 aromatic rings. The molecule has 0 aliphatic heterocycles. The number of nitrogens with one attached hydrogen (secondary N) is 1. The Morgan fingerprint density at radius 3 is 2.49 bits per heavy atom. The van der Waals surface area contributed by atoms with E-state index >= 15 is 0 Å². The van der Waals surface area contributed by atoms with Crippen LogP contribution in [0.3, 0.4) is 0 Å². The van der Waals surface area contributed by atoms with Crippen molar-refractivity contribution in [2.45, 2.75) is 32.9 Å². The number of ether oxygens (including phenoxy) is 1. The minimum atomic E-state index is 0.192. The number of imidazole rings is 1. The standard InChI is InChI=1S/C29H34N8O2/c1-4-37-27-23(38-17-9-8-16-31-18-20-12-14-22(15-13-20)36(2)3)19-32-24(21-10-6-5-7-11-21)25(27)33-29(37)26-28(30)35-39-34-26/h5-7,10-15,19,31H,4,8-9,16-18H2,1-3H3,(H2,30,35). The van der Waals surface area contributed by atoms with Crippen molar-refractivity contribution in [1.29, 1.82) is 0 Å². The minimum Gasteiger partial charge on any atom is -0.490 e. The Kier molecular flexibility index (Phi) is 8.02. The van der Waals surface area contributed by atoms with E-state index in [-0.39, 0.29) is 5.82 Å². The van der Waals surface area contributed by atoms with Gasteiger partial charge in [-0.1, -0.05) is 42.5 Å². The number of hydrogen-bond acceptors (Lipinski definition) is 9. The van der Waals surface area contributed by atoms with E-state index < -0.39 is 0 Å². The molecular formula is C29H34N8O2. The van der Waals surface area contributed by atoms with Gasteiger partial charge in [0.1, 0.15) is 11.0 Å². The molecule has 10 nitrogen and oxygen atoms in total. The molecule has 0 amide bonds. The van der Waals surface area contributed by atoms with Gasteiger partial charge < -0.3 is 25.3 Å². The Hall–Kier alpha value is -4.44. The Morgan fingerprint density at radius 2 is 1.79 bits per heavy atom. The lowest BCUT2D eigenvalue weighted by atomic mass is 10.1. The highest BCUT2D eigenvalue weighted by Gasteiger charge is 2.23. The number of unbranched alkanes of at least 4 members (excludes halogenated alkanes) is 1. The summed E-state index contributed by atoms with van der Waals surface area (Å²) in [6.07, 6.45) is 3.68. The first-order valence-corrected chi connectivity index (χ1v) is 13.2. The molecule has 0 spiro atoms. The summed E-state index contributed by atoms with van der Waals surface area (Å²) in [5.41, 5.74) is 12.2. The molecule has 0 bridgehead atoms. The molecule has 0 atom stereocenters. The summed E-state index contributed by atoms with van der Waals surface area (Å²) in [4.78, 5) is 11.7. The van der Waals surface area contributed by atoms with Crippen LogP contribution in [0.5, 0.6) is 5.75 Å². The van der Waals surface area contributed by atoms with E-state index in [0.29, 0.717) is 30.4 Å². The third-order valence-corrected chi connectivity index (χ3v) is 6.61. The number of nitrogen functional groups attached to an aromatic ring is 1. The molecule has 0 aliphatic carbocycles. The minimum absolute atomic E-state index is 0.192. The van der Waals surface area contributed by atoms with E-state index in [1.54, 1.807) is 6.20 Å². The second kappa shape index (κ2) is 12.0. The van der Waals surface area contributed by atoms with Gasteiger partial charge in [0.05, 0.1) is 18.5 Å². The van der Waals surface area contributed by atoms with Gasteiger partial charge in [-0.3, -0.25) is 0 Å². The van der Waals surface area contributed by atoms with Gasteiger partial charge >= 0.3 is 0 Å². The molecule has 39 heavy (non-hydrogen) atoms. The highest BCUT2D eigenvalue weighted by molar-refractivity contribution is 5.95. The van der Waals surface area contributed by atoms with Gasteiger partial charge in [-0.05, 0) is 54.3 Å². The highest BCUT2D eigenvalue weighted by atomic mass is 16.6. The molecule has 3 N–H and O–H groups in total. The molecule has 5 rings (SSSR count). The summed E-state index contributed by atoms with van der Waals surface area (Å²) in [6, 6.07) is 18.6. The Morgan fingerprint density at radius 1 is 1.00 bits per heavy atom. The monoisotopic (exact) mass is 526 g/mol. The third kappa shape index (κ3) is 5.70. The second-order valence-electron chi connectivity index (χ2n) is 9.51. The van der Waals surface area contributed by atoms with Gasteiger partial charge in [-0.15, -0.1) is 0 Å². The van der Waals surface area contributed by atoms with E-state index in [2.05, 4.69) is 44.8 Å². The summed E-state index contributed by atoms with van der Waals surface area (Å²) in [7, 11) is 4.10. The SMILES string of the molecule is CCn1c(-c2nonc2N)nc2c(-c3ccccc3)ncc(OCCCCNCc3ccc(N(C)C)cc3)c21. The molecular weight excluding hydrogens is 492 g/mol. The summed E-state index contributed by atoms with van der Waals surface area (Å²) in [5.74, 6) is 1.44. The Labute approximate surface area is 227 Å². The zero-order chi connectivity index (χ0) is 27.2. The number of nitrogens with zero attached hydrogens (tertiary/aromatic N) is 6. The lowest BCUT2D eigenvalue weighted by molar-refractivity contribution is 0.307. The van der Waals surface area contributed by atoms with Gasteiger partial charge in [0.25, 0.3) is 0 Å². The zero-order valence-electron chi connectivity index (χ0n) is 22.6. The number of aryl methyl sites for hydroxylation is 1. The van der Waals surface area contributed by atoms with Crippen LogP contribution in [0.25, 0.3) is 33.8 Å². The van der Waals surface area contributed by atoms with Gasteiger partial charge in [0.15, 0.2) is 23.1 Å². The molecule has 0 saturated heterocycles. The maximum absolute atomic E-state index is 6.27. The van der Waals surface area contributed by atoms with Crippen LogP contribution in [0.2, 0.25) is 0 Å². The molecule has 0 radical (unpaired) electrons. The number of fused-ring (bicyclic) bond motifs is 1. The predicted octanol–water partition coefficient (Wildman–Crippen LogP) is 4.77. The summed E-state index contributed by atoms with van der Waals surface area (Å²) in [5, 5.41) is 11.3.